The number of rotatable bonds is 5. The Balaban J connectivity index is 2.03. The molecular weight excluding hydrogens is 235 g/mol. The molecule has 0 unspecified atom stereocenters. The molecule has 6 heteroatoms. The van der Waals surface area contributed by atoms with Gasteiger partial charge in [0.25, 0.3) is 0 Å². The molecule has 1 N–H and O–H groups in total. The van der Waals surface area contributed by atoms with Crippen molar-refractivity contribution in [3.8, 4) is 0 Å². The van der Waals surface area contributed by atoms with Crippen molar-refractivity contribution in [1.29, 1.82) is 0 Å². The van der Waals surface area contributed by atoms with Gasteiger partial charge in [0.15, 0.2) is 0 Å². The summed E-state index contributed by atoms with van der Waals surface area (Å²) in [6, 6.07) is 0. The molecule has 1 aliphatic rings. The minimum Gasteiger partial charge on any atom is -0.381 e. The Morgan fingerprint density at radius 3 is 2.76 bits per heavy atom. The summed E-state index contributed by atoms with van der Waals surface area (Å²) in [6.07, 6.45) is -2.92. The minimum atomic E-state index is -4.26. The van der Waals surface area contributed by atoms with Crippen LogP contribution in [0.3, 0.4) is 0 Å². The number of nitrogens with one attached hydrogen (secondary N) is 1. The normalized spacial score (nSPS) is 21.2. The average Bonchev–Trinajstić information content (AvgIpc) is 2.27. The summed E-state index contributed by atoms with van der Waals surface area (Å²) in [7, 11) is 0. The molecular formula is C11H18F3NO2. The third kappa shape index (κ3) is 7.20. The molecule has 1 saturated heterocycles. The fourth-order valence-corrected chi connectivity index (χ4v) is 1.79. The molecule has 17 heavy (non-hydrogen) atoms. The monoisotopic (exact) mass is 253 g/mol. The molecule has 0 aromatic carbocycles. The third-order valence-corrected chi connectivity index (χ3v) is 2.76. The number of amides is 1. The first-order valence-corrected chi connectivity index (χ1v) is 5.88. The second-order valence-electron chi connectivity index (χ2n) is 4.34. The number of carbonyl (C=O) groups excluding carboxylic acids is 1. The van der Waals surface area contributed by atoms with Crippen molar-refractivity contribution in [2.45, 2.75) is 38.3 Å². The van der Waals surface area contributed by atoms with Crippen LogP contribution in [0.15, 0.2) is 0 Å². The van der Waals surface area contributed by atoms with E-state index in [2.05, 4.69) is 5.32 Å². The molecule has 1 fully saturated rings. The second-order valence-corrected chi connectivity index (χ2v) is 4.34. The molecule has 0 saturated carbocycles. The number of alkyl halides is 3. The summed E-state index contributed by atoms with van der Waals surface area (Å²) in [4.78, 5) is 11.1. The Labute approximate surface area is 98.7 Å². The number of halogens is 3. The summed E-state index contributed by atoms with van der Waals surface area (Å²) >= 11 is 0. The first kappa shape index (κ1) is 14.3. The Kier molecular flexibility index (Phi) is 5.74. The van der Waals surface area contributed by atoms with Crippen LogP contribution in [-0.2, 0) is 9.53 Å². The van der Waals surface area contributed by atoms with Gasteiger partial charge >= 0.3 is 6.18 Å². The summed E-state index contributed by atoms with van der Waals surface area (Å²) in [5, 5.41) is 2.51. The highest BCUT2D eigenvalue weighted by Gasteiger charge is 2.27. The summed E-state index contributed by atoms with van der Waals surface area (Å²) < 4.78 is 40.8. The Hall–Kier alpha value is -0.780. The van der Waals surface area contributed by atoms with Gasteiger partial charge in [0.05, 0.1) is 6.42 Å². The van der Waals surface area contributed by atoms with Crippen LogP contribution < -0.4 is 5.32 Å². The number of hydrogen-bond acceptors (Lipinski definition) is 2. The smallest absolute Gasteiger partial charge is 0.381 e. The third-order valence-electron chi connectivity index (χ3n) is 2.76. The van der Waals surface area contributed by atoms with Crippen molar-refractivity contribution in [2.75, 3.05) is 19.8 Å². The van der Waals surface area contributed by atoms with Gasteiger partial charge in [-0.2, -0.15) is 13.2 Å². The van der Waals surface area contributed by atoms with Crippen LogP contribution in [0.1, 0.15) is 32.1 Å². The van der Waals surface area contributed by atoms with Crippen LogP contribution in [0.2, 0.25) is 0 Å². The van der Waals surface area contributed by atoms with Crippen LogP contribution in [0.25, 0.3) is 0 Å². The predicted octanol–water partition coefficient (Wildman–Crippen LogP) is 2.26. The van der Waals surface area contributed by atoms with Gasteiger partial charge in [-0.25, -0.2) is 0 Å². The van der Waals surface area contributed by atoms with E-state index < -0.39 is 24.9 Å². The molecule has 0 spiro atoms. The van der Waals surface area contributed by atoms with E-state index in [0.29, 0.717) is 19.1 Å². The maximum atomic E-state index is 11.8. The van der Waals surface area contributed by atoms with E-state index in [4.69, 9.17) is 4.74 Å². The first-order chi connectivity index (χ1) is 7.97. The Morgan fingerprint density at radius 1 is 1.41 bits per heavy atom. The van der Waals surface area contributed by atoms with E-state index in [1.165, 1.54) is 0 Å². The van der Waals surface area contributed by atoms with Gasteiger partial charge in [0.2, 0.25) is 5.91 Å². The Morgan fingerprint density at radius 2 is 2.18 bits per heavy atom. The minimum absolute atomic E-state index is 0.423. The van der Waals surface area contributed by atoms with Crippen LogP contribution in [0.5, 0.6) is 0 Å². The lowest BCUT2D eigenvalue weighted by molar-refractivity contribution is -0.144. The molecule has 1 aliphatic heterocycles. The van der Waals surface area contributed by atoms with Gasteiger partial charge in [0.1, 0.15) is 0 Å². The molecule has 1 amide bonds. The standard InChI is InChI=1S/C11H18F3NO2/c12-11(13,14)5-3-10(16)15-6-4-9-2-1-7-17-8-9/h9H,1-8H2,(H,15,16)/t9-/m0/s1. The molecule has 0 bridgehead atoms. The van der Waals surface area contributed by atoms with E-state index in [0.717, 1.165) is 25.9 Å². The lowest BCUT2D eigenvalue weighted by atomic mass is 9.99. The maximum absolute atomic E-state index is 11.8. The second kappa shape index (κ2) is 6.83. The number of ether oxygens (including phenoxy) is 1. The van der Waals surface area contributed by atoms with Crippen LogP contribution in [0.4, 0.5) is 13.2 Å². The van der Waals surface area contributed by atoms with Gasteiger partial charge in [-0.3, -0.25) is 4.79 Å². The van der Waals surface area contributed by atoms with Gasteiger partial charge in [-0.05, 0) is 25.2 Å². The SMILES string of the molecule is O=C(CCC(F)(F)F)NCC[C@@H]1CCCOC1. The Bertz CT molecular complexity index is 237. The van der Waals surface area contributed by atoms with Crippen LogP contribution >= 0.6 is 0 Å². The van der Waals surface area contributed by atoms with Gasteiger partial charge < -0.3 is 10.1 Å². The molecule has 0 aromatic heterocycles. The highest BCUT2D eigenvalue weighted by molar-refractivity contribution is 5.75. The van der Waals surface area contributed by atoms with Crippen LogP contribution in [-0.4, -0.2) is 31.8 Å². The highest BCUT2D eigenvalue weighted by Crippen LogP contribution is 2.21. The van der Waals surface area contributed by atoms with Crippen molar-refractivity contribution >= 4 is 5.91 Å². The van der Waals surface area contributed by atoms with Gasteiger partial charge in [-0.15, -0.1) is 0 Å². The van der Waals surface area contributed by atoms with Crippen LogP contribution in [0, 0.1) is 5.92 Å². The molecule has 0 aromatic rings. The average molecular weight is 253 g/mol. The van der Waals surface area contributed by atoms with E-state index >= 15 is 0 Å². The molecule has 1 heterocycles. The molecule has 0 radical (unpaired) electrons. The zero-order valence-electron chi connectivity index (χ0n) is 9.68. The van der Waals surface area contributed by atoms with Crippen molar-refractivity contribution in [3.05, 3.63) is 0 Å². The number of carbonyl (C=O) groups is 1. The zero-order valence-corrected chi connectivity index (χ0v) is 9.68. The first-order valence-electron chi connectivity index (χ1n) is 5.88. The molecule has 1 rings (SSSR count). The lowest BCUT2D eigenvalue weighted by Crippen LogP contribution is -2.29. The lowest BCUT2D eigenvalue weighted by Gasteiger charge is -2.21. The molecule has 3 nitrogen and oxygen atoms in total. The van der Waals surface area contributed by atoms with Crippen molar-refractivity contribution < 1.29 is 22.7 Å². The highest BCUT2D eigenvalue weighted by atomic mass is 19.4. The predicted molar refractivity (Wildman–Crippen MR) is 56.5 cm³/mol. The number of hydrogen-bond donors (Lipinski definition) is 1. The van der Waals surface area contributed by atoms with Crippen molar-refractivity contribution in [2.24, 2.45) is 5.92 Å². The van der Waals surface area contributed by atoms with Crippen molar-refractivity contribution in [3.63, 3.8) is 0 Å². The van der Waals surface area contributed by atoms with E-state index in [9.17, 15) is 18.0 Å². The fourth-order valence-electron chi connectivity index (χ4n) is 1.79. The summed E-state index contributed by atoms with van der Waals surface area (Å²) in [5.74, 6) is -0.106. The maximum Gasteiger partial charge on any atom is 0.389 e. The van der Waals surface area contributed by atoms with E-state index in [1.54, 1.807) is 0 Å². The summed E-state index contributed by atoms with van der Waals surface area (Å²) in [6.45, 7) is 1.91. The van der Waals surface area contributed by atoms with Crippen molar-refractivity contribution in [1.82, 2.24) is 5.32 Å². The van der Waals surface area contributed by atoms with E-state index in [-0.39, 0.29) is 0 Å². The molecule has 0 aliphatic carbocycles. The largest absolute Gasteiger partial charge is 0.389 e. The van der Waals surface area contributed by atoms with E-state index in [1.807, 2.05) is 0 Å². The zero-order chi connectivity index (χ0) is 12.7. The quantitative estimate of drug-likeness (QED) is 0.816. The summed E-state index contributed by atoms with van der Waals surface area (Å²) in [5.41, 5.74) is 0. The topological polar surface area (TPSA) is 38.3 Å². The van der Waals surface area contributed by atoms with Gasteiger partial charge in [0, 0.05) is 26.2 Å². The molecule has 100 valence electrons. The van der Waals surface area contributed by atoms with Gasteiger partial charge in [-0.1, -0.05) is 0 Å². The molecule has 1 atom stereocenters. The fraction of sp³-hybridized carbons (Fsp3) is 0.909.